The van der Waals surface area contributed by atoms with E-state index in [1.54, 1.807) is 12.1 Å². The fourth-order valence-electron chi connectivity index (χ4n) is 2.08. The monoisotopic (exact) mass is 332 g/mol. The van der Waals surface area contributed by atoms with Crippen LogP contribution in [0.25, 0.3) is 0 Å². The first-order valence-corrected chi connectivity index (χ1v) is 7.42. The molecule has 2 aromatic rings. The molecule has 0 fully saturated rings. The molecule has 1 N–H and O–H groups in total. The minimum absolute atomic E-state index is 0.00995. The number of anilines is 1. The fraction of sp³-hybridized carbons (Fsp3) is 0.235. The molecule has 0 saturated carbocycles. The van der Waals surface area contributed by atoms with Crippen LogP contribution in [0.2, 0.25) is 5.02 Å². The van der Waals surface area contributed by atoms with Crippen molar-refractivity contribution in [1.29, 1.82) is 0 Å². The van der Waals surface area contributed by atoms with Crippen LogP contribution in [-0.4, -0.2) is 10.8 Å². The average Bonchev–Trinajstić information content (AvgIpc) is 2.48. The van der Waals surface area contributed by atoms with Crippen LogP contribution in [0.4, 0.5) is 11.4 Å². The summed E-state index contributed by atoms with van der Waals surface area (Å²) in [5.74, 6) is -0.407. The molecule has 6 heteroatoms. The van der Waals surface area contributed by atoms with Gasteiger partial charge in [-0.1, -0.05) is 44.5 Å². The standard InChI is InChI=1S/C17H17ClN2O3/c1-17(2,3)12-6-4-11(5-7-12)16(21)19-14-9-8-13(18)10-15(14)20(22)23/h4-10H,1-3H3,(H,19,21). The quantitative estimate of drug-likeness (QED) is 0.648. The van der Waals surface area contributed by atoms with Gasteiger partial charge in [-0.05, 0) is 35.2 Å². The highest BCUT2D eigenvalue weighted by molar-refractivity contribution is 6.31. The number of nitrogens with one attached hydrogen (secondary N) is 1. The van der Waals surface area contributed by atoms with Gasteiger partial charge in [-0.15, -0.1) is 0 Å². The van der Waals surface area contributed by atoms with Gasteiger partial charge in [-0.3, -0.25) is 14.9 Å². The van der Waals surface area contributed by atoms with Crippen molar-refractivity contribution in [3.8, 4) is 0 Å². The Hall–Kier alpha value is -2.40. The van der Waals surface area contributed by atoms with Crippen LogP contribution in [0, 0.1) is 10.1 Å². The van der Waals surface area contributed by atoms with E-state index in [-0.39, 0.29) is 21.8 Å². The number of halogens is 1. The number of nitro benzene ring substituents is 1. The van der Waals surface area contributed by atoms with Gasteiger partial charge in [0.25, 0.3) is 11.6 Å². The number of rotatable bonds is 3. The summed E-state index contributed by atoms with van der Waals surface area (Å²) in [5.41, 5.74) is 1.40. The van der Waals surface area contributed by atoms with Gasteiger partial charge in [0.05, 0.1) is 4.92 Å². The van der Waals surface area contributed by atoms with Gasteiger partial charge in [0.1, 0.15) is 5.69 Å². The highest BCUT2D eigenvalue weighted by atomic mass is 35.5. The van der Waals surface area contributed by atoms with Crippen molar-refractivity contribution in [1.82, 2.24) is 0 Å². The summed E-state index contributed by atoms with van der Waals surface area (Å²) < 4.78 is 0. The maximum atomic E-state index is 12.3. The molecule has 0 atom stereocenters. The molecule has 0 heterocycles. The highest BCUT2D eigenvalue weighted by Gasteiger charge is 2.18. The zero-order valence-electron chi connectivity index (χ0n) is 13.1. The van der Waals surface area contributed by atoms with E-state index in [0.29, 0.717) is 5.56 Å². The Labute approximate surface area is 139 Å². The molecule has 0 aromatic heterocycles. The van der Waals surface area contributed by atoms with Crippen molar-refractivity contribution in [2.75, 3.05) is 5.32 Å². The number of carbonyl (C=O) groups excluding carboxylic acids is 1. The molecule has 5 nitrogen and oxygen atoms in total. The molecule has 0 aliphatic heterocycles. The van der Waals surface area contributed by atoms with E-state index >= 15 is 0 Å². The Morgan fingerprint density at radius 3 is 2.26 bits per heavy atom. The molecule has 0 spiro atoms. The van der Waals surface area contributed by atoms with Crippen molar-refractivity contribution in [2.45, 2.75) is 26.2 Å². The third kappa shape index (κ3) is 4.07. The van der Waals surface area contributed by atoms with Crippen LogP contribution in [0.1, 0.15) is 36.7 Å². The molecular weight excluding hydrogens is 316 g/mol. The summed E-state index contributed by atoms with van der Waals surface area (Å²) in [6.45, 7) is 6.25. The van der Waals surface area contributed by atoms with E-state index < -0.39 is 10.8 Å². The smallest absolute Gasteiger partial charge is 0.294 e. The zero-order valence-corrected chi connectivity index (χ0v) is 13.8. The van der Waals surface area contributed by atoms with Crippen LogP contribution in [-0.2, 0) is 5.41 Å². The van der Waals surface area contributed by atoms with Gasteiger partial charge < -0.3 is 5.32 Å². The lowest BCUT2D eigenvalue weighted by atomic mass is 9.87. The first-order chi connectivity index (χ1) is 10.7. The number of hydrogen-bond donors (Lipinski definition) is 1. The lowest BCUT2D eigenvalue weighted by Gasteiger charge is -2.19. The number of carbonyl (C=O) groups is 1. The second-order valence-corrected chi connectivity index (χ2v) is 6.64. The molecule has 23 heavy (non-hydrogen) atoms. The van der Waals surface area contributed by atoms with Crippen molar-refractivity contribution >= 4 is 28.9 Å². The lowest BCUT2D eigenvalue weighted by molar-refractivity contribution is -0.383. The summed E-state index contributed by atoms with van der Waals surface area (Å²) in [7, 11) is 0. The number of hydrogen-bond acceptors (Lipinski definition) is 3. The Morgan fingerprint density at radius 1 is 1.13 bits per heavy atom. The number of nitrogens with zero attached hydrogens (tertiary/aromatic N) is 1. The maximum absolute atomic E-state index is 12.3. The van der Waals surface area contributed by atoms with E-state index in [1.165, 1.54) is 18.2 Å². The predicted octanol–water partition coefficient (Wildman–Crippen LogP) is 4.80. The number of amides is 1. The highest BCUT2D eigenvalue weighted by Crippen LogP contribution is 2.28. The summed E-state index contributed by atoms with van der Waals surface area (Å²) in [5, 5.41) is 13.8. The SMILES string of the molecule is CC(C)(C)c1ccc(C(=O)Nc2ccc(Cl)cc2[N+](=O)[O-])cc1. The van der Waals surface area contributed by atoms with Gasteiger partial charge in [-0.2, -0.15) is 0 Å². The van der Waals surface area contributed by atoms with Crippen molar-refractivity contribution < 1.29 is 9.72 Å². The second kappa shape index (κ2) is 6.38. The van der Waals surface area contributed by atoms with Crippen LogP contribution >= 0.6 is 11.6 Å². The molecule has 0 bridgehead atoms. The number of nitro groups is 1. The molecule has 1 amide bonds. The Kier molecular flexibility index (Phi) is 4.71. The minimum Gasteiger partial charge on any atom is -0.316 e. The van der Waals surface area contributed by atoms with Crippen molar-refractivity contribution in [3.05, 3.63) is 68.7 Å². The molecule has 2 rings (SSSR count). The van der Waals surface area contributed by atoms with E-state index in [9.17, 15) is 14.9 Å². The van der Waals surface area contributed by atoms with Crippen LogP contribution in [0.3, 0.4) is 0 Å². The summed E-state index contributed by atoms with van der Waals surface area (Å²) >= 11 is 5.76. The first kappa shape index (κ1) is 17.0. The first-order valence-electron chi connectivity index (χ1n) is 7.04. The van der Waals surface area contributed by atoms with Gasteiger partial charge in [0.15, 0.2) is 0 Å². The molecule has 2 aromatic carbocycles. The Morgan fingerprint density at radius 2 is 1.74 bits per heavy atom. The molecule has 0 saturated heterocycles. The van der Waals surface area contributed by atoms with E-state index in [4.69, 9.17) is 11.6 Å². The van der Waals surface area contributed by atoms with Crippen LogP contribution in [0.5, 0.6) is 0 Å². The van der Waals surface area contributed by atoms with E-state index in [1.807, 2.05) is 12.1 Å². The van der Waals surface area contributed by atoms with Gasteiger partial charge in [0, 0.05) is 16.7 Å². The fourth-order valence-corrected chi connectivity index (χ4v) is 2.24. The average molecular weight is 333 g/mol. The molecule has 120 valence electrons. The lowest BCUT2D eigenvalue weighted by Crippen LogP contribution is -2.15. The van der Waals surface area contributed by atoms with Crippen LogP contribution in [0.15, 0.2) is 42.5 Å². The minimum atomic E-state index is -0.579. The van der Waals surface area contributed by atoms with Crippen molar-refractivity contribution in [2.24, 2.45) is 0 Å². The third-order valence-electron chi connectivity index (χ3n) is 3.42. The number of benzene rings is 2. The Bertz CT molecular complexity index is 749. The van der Waals surface area contributed by atoms with E-state index in [0.717, 1.165) is 5.56 Å². The maximum Gasteiger partial charge on any atom is 0.294 e. The summed E-state index contributed by atoms with van der Waals surface area (Å²) in [6, 6.07) is 11.3. The van der Waals surface area contributed by atoms with E-state index in [2.05, 4.69) is 26.1 Å². The predicted molar refractivity (Wildman–Crippen MR) is 91.2 cm³/mol. The van der Waals surface area contributed by atoms with Crippen molar-refractivity contribution in [3.63, 3.8) is 0 Å². The van der Waals surface area contributed by atoms with Gasteiger partial charge >= 0.3 is 0 Å². The third-order valence-corrected chi connectivity index (χ3v) is 3.65. The zero-order chi connectivity index (χ0) is 17.2. The Balaban J connectivity index is 2.24. The molecular formula is C17H17ClN2O3. The second-order valence-electron chi connectivity index (χ2n) is 6.20. The largest absolute Gasteiger partial charge is 0.316 e. The normalized spacial score (nSPS) is 11.1. The summed E-state index contributed by atoms with van der Waals surface area (Å²) in [6.07, 6.45) is 0. The van der Waals surface area contributed by atoms with Crippen LogP contribution < -0.4 is 5.32 Å². The van der Waals surface area contributed by atoms with Gasteiger partial charge in [0.2, 0.25) is 0 Å². The molecule has 0 radical (unpaired) electrons. The molecule has 0 aliphatic rings. The van der Waals surface area contributed by atoms with Gasteiger partial charge in [-0.25, -0.2) is 0 Å². The molecule has 0 aliphatic carbocycles. The summed E-state index contributed by atoms with van der Waals surface area (Å²) in [4.78, 5) is 22.7. The molecule has 0 unspecified atom stereocenters. The topological polar surface area (TPSA) is 72.2 Å².